The number of nitrogens with zero attached hydrogens (tertiary/aromatic N) is 3. The highest BCUT2D eigenvalue weighted by molar-refractivity contribution is 8.26. The van der Waals surface area contributed by atoms with E-state index in [-0.39, 0.29) is 17.6 Å². The maximum Gasteiger partial charge on any atom is 0.267 e. The van der Waals surface area contributed by atoms with Crippen molar-refractivity contribution in [1.82, 2.24) is 14.3 Å². The molecular formula is C21H24N4O4S2. The second-order valence-electron chi connectivity index (χ2n) is 7.31. The Bertz CT molecular complexity index is 1080. The van der Waals surface area contributed by atoms with Crippen molar-refractivity contribution in [3.05, 3.63) is 45.2 Å². The highest BCUT2D eigenvalue weighted by atomic mass is 32.2. The van der Waals surface area contributed by atoms with Gasteiger partial charge in [-0.25, -0.2) is 4.98 Å². The fraction of sp³-hybridized carbons (Fsp3) is 0.429. The van der Waals surface area contributed by atoms with Crippen LogP contribution in [0.25, 0.3) is 11.7 Å². The van der Waals surface area contributed by atoms with Gasteiger partial charge in [-0.15, -0.1) is 0 Å². The molecule has 31 heavy (non-hydrogen) atoms. The smallest absolute Gasteiger partial charge is 0.267 e. The number of nitrogens with one attached hydrogen (secondary N) is 1. The van der Waals surface area contributed by atoms with E-state index >= 15 is 0 Å². The minimum absolute atomic E-state index is 0.00724. The number of hydrogen-bond donors (Lipinski definition) is 1. The minimum Gasteiger partial charge on any atom is -0.385 e. The second-order valence-corrected chi connectivity index (χ2v) is 8.98. The van der Waals surface area contributed by atoms with Crippen molar-refractivity contribution in [3.8, 4) is 0 Å². The van der Waals surface area contributed by atoms with Crippen LogP contribution in [0.5, 0.6) is 0 Å². The lowest BCUT2D eigenvalue weighted by Gasteiger charge is -2.18. The summed E-state index contributed by atoms with van der Waals surface area (Å²) in [6, 6.07) is 5.37. The Kier molecular flexibility index (Phi) is 7.01. The van der Waals surface area contributed by atoms with Gasteiger partial charge in [-0.3, -0.25) is 18.9 Å². The molecule has 0 spiro atoms. The fourth-order valence-corrected chi connectivity index (χ4v) is 4.83. The first kappa shape index (κ1) is 21.9. The highest BCUT2D eigenvalue weighted by Crippen LogP contribution is 2.34. The van der Waals surface area contributed by atoms with Crippen LogP contribution in [0.4, 0.5) is 5.82 Å². The van der Waals surface area contributed by atoms with Gasteiger partial charge in [-0.05, 0) is 37.5 Å². The van der Waals surface area contributed by atoms with Crippen LogP contribution < -0.4 is 10.9 Å². The molecule has 0 aliphatic carbocycles. The summed E-state index contributed by atoms with van der Waals surface area (Å²) >= 11 is 6.63. The van der Waals surface area contributed by atoms with Crippen LogP contribution in [0.1, 0.15) is 24.8 Å². The number of fused-ring (bicyclic) bond motifs is 1. The summed E-state index contributed by atoms with van der Waals surface area (Å²) in [5.41, 5.74) is 0.618. The molecule has 2 aromatic heterocycles. The van der Waals surface area contributed by atoms with E-state index in [0.717, 1.165) is 19.3 Å². The monoisotopic (exact) mass is 460 g/mol. The molecule has 10 heteroatoms. The van der Waals surface area contributed by atoms with E-state index < -0.39 is 0 Å². The third kappa shape index (κ3) is 4.82. The third-order valence-corrected chi connectivity index (χ3v) is 6.52. The number of thioether (sulfide) groups is 1. The molecule has 0 saturated carbocycles. The van der Waals surface area contributed by atoms with Crippen LogP contribution in [0, 0.1) is 0 Å². The second kappa shape index (κ2) is 9.90. The SMILES string of the molecule is COCCCNc1nc2ccccn2c(=O)c1/C=C1/SC(=S)N(C[C@@H]2CCCO2)C1=O. The maximum atomic E-state index is 13.2. The Morgan fingerprint density at radius 2 is 2.29 bits per heavy atom. The van der Waals surface area contributed by atoms with Crippen molar-refractivity contribution in [2.24, 2.45) is 0 Å². The standard InChI is InChI=1S/C21H24N4O4S2/c1-28-10-5-8-22-18-15(19(26)24-9-3-2-7-17(24)23-18)12-16-20(27)25(21(30)31-16)13-14-6-4-11-29-14/h2-3,7,9,12,14,22H,4-6,8,10-11,13H2,1H3/b16-12+/t14-/m0/s1. The number of carbonyl (C=O) groups is 1. The van der Waals surface area contributed by atoms with Gasteiger partial charge in [-0.2, -0.15) is 0 Å². The van der Waals surface area contributed by atoms with Gasteiger partial charge >= 0.3 is 0 Å². The van der Waals surface area contributed by atoms with Crippen molar-refractivity contribution >= 4 is 51.7 Å². The number of aromatic nitrogens is 2. The lowest BCUT2D eigenvalue weighted by atomic mass is 10.2. The molecule has 2 aromatic rings. The largest absolute Gasteiger partial charge is 0.385 e. The van der Waals surface area contributed by atoms with E-state index in [1.807, 2.05) is 6.07 Å². The lowest BCUT2D eigenvalue weighted by molar-refractivity contribution is -0.123. The molecule has 4 rings (SSSR count). The number of carbonyl (C=O) groups excluding carboxylic acids is 1. The first-order chi connectivity index (χ1) is 15.1. The zero-order chi connectivity index (χ0) is 21.8. The molecule has 1 atom stereocenters. The molecular weight excluding hydrogens is 436 g/mol. The third-order valence-electron chi connectivity index (χ3n) is 5.15. The Balaban J connectivity index is 1.66. The van der Waals surface area contributed by atoms with Gasteiger partial charge in [0.25, 0.3) is 11.5 Å². The molecule has 0 aromatic carbocycles. The fourth-order valence-electron chi connectivity index (χ4n) is 3.57. The summed E-state index contributed by atoms with van der Waals surface area (Å²) in [5, 5.41) is 3.21. The van der Waals surface area contributed by atoms with Crippen molar-refractivity contribution < 1.29 is 14.3 Å². The van der Waals surface area contributed by atoms with Crippen LogP contribution in [-0.4, -0.2) is 64.0 Å². The van der Waals surface area contributed by atoms with Gasteiger partial charge in [0.2, 0.25) is 0 Å². The minimum atomic E-state index is -0.246. The summed E-state index contributed by atoms with van der Waals surface area (Å²) in [6.45, 7) is 2.34. The van der Waals surface area contributed by atoms with Gasteiger partial charge in [0.05, 0.1) is 23.1 Å². The Labute approximate surface area is 189 Å². The number of thiocarbonyl (C=S) groups is 1. The van der Waals surface area contributed by atoms with Crippen molar-refractivity contribution in [1.29, 1.82) is 0 Å². The number of rotatable bonds is 8. The molecule has 1 amide bonds. The van der Waals surface area contributed by atoms with Crippen molar-refractivity contribution in [2.75, 3.05) is 38.7 Å². The van der Waals surface area contributed by atoms with E-state index in [1.165, 1.54) is 16.2 Å². The number of anilines is 1. The summed E-state index contributed by atoms with van der Waals surface area (Å²) in [4.78, 5) is 32.8. The van der Waals surface area contributed by atoms with Gasteiger partial charge < -0.3 is 14.8 Å². The zero-order valence-electron chi connectivity index (χ0n) is 17.2. The summed E-state index contributed by atoms with van der Waals surface area (Å²) in [5.74, 6) is 0.241. The summed E-state index contributed by atoms with van der Waals surface area (Å²) < 4.78 is 12.7. The number of methoxy groups -OCH3 is 1. The first-order valence-electron chi connectivity index (χ1n) is 10.2. The molecule has 2 saturated heterocycles. The van der Waals surface area contributed by atoms with E-state index in [2.05, 4.69) is 10.3 Å². The topological polar surface area (TPSA) is 85.2 Å². The first-order valence-corrected chi connectivity index (χ1v) is 11.4. The summed E-state index contributed by atoms with van der Waals surface area (Å²) in [7, 11) is 1.64. The Hall–Kier alpha value is -2.27. The van der Waals surface area contributed by atoms with Gasteiger partial charge in [0.15, 0.2) is 0 Å². The van der Waals surface area contributed by atoms with E-state index in [1.54, 1.807) is 36.4 Å². The average Bonchev–Trinajstić information content (AvgIpc) is 3.38. The lowest BCUT2D eigenvalue weighted by Crippen LogP contribution is -2.35. The maximum absolute atomic E-state index is 13.2. The van der Waals surface area contributed by atoms with E-state index in [4.69, 9.17) is 21.7 Å². The molecule has 0 radical (unpaired) electrons. The molecule has 2 aliphatic heterocycles. The van der Waals surface area contributed by atoms with Crippen LogP contribution in [0.3, 0.4) is 0 Å². The molecule has 0 bridgehead atoms. The number of amides is 1. The predicted octanol–water partition coefficient (Wildman–Crippen LogP) is 2.52. The summed E-state index contributed by atoms with van der Waals surface area (Å²) in [6.07, 6.45) is 5.94. The number of pyridine rings is 1. The quantitative estimate of drug-likeness (QED) is 0.366. The van der Waals surface area contributed by atoms with Crippen LogP contribution in [-0.2, 0) is 14.3 Å². The predicted molar refractivity (Wildman–Crippen MR) is 125 cm³/mol. The Morgan fingerprint density at radius 3 is 3.06 bits per heavy atom. The zero-order valence-corrected chi connectivity index (χ0v) is 18.8. The molecule has 8 nitrogen and oxygen atoms in total. The van der Waals surface area contributed by atoms with Gasteiger partial charge in [0, 0.05) is 33.1 Å². The average molecular weight is 461 g/mol. The van der Waals surface area contributed by atoms with Crippen molar-refractivity contribution in [2.45, 2.75) is 25.4 Å². The molecule has 164 valence electrons. The molecule has 0 unspecified atom stereocenters. The van der Waals surface area contributed by atoms with Crippen molar-refractivity contribution in [3.63, 3.8) is 0 Å². The van der Waals surface area contributed by atoms with Gasteiger partial charge in [0.1, 0.15) is 15.8 Å². The molecule has 1 N–H and O–H groups in total. The van der Waals surface area contributed by atoms with E-state index in [0.29, 0.717) is 52.6 Å². The van der Waals surface area contributed by atoms with Crippen LogP contribution >= 0.6 is 24.0 Å². The normalized spacial score (nSPS) is 20.4. The van der Waals surface area contributed by atoms with Gasteiger partial charge in [-0.1, -0.05) is 30.0 Å². The number of hydrogen-bond acceptors (Lipinski definition) is 8. The number of ether oxygens (including phenoxy) is 2. The molecule has 2 fully saturated rings. The molecule has 2 aliphatic rings. The van der Waals surface area contributed by atoms with E-state index in [9.17, 15) is 9.59 Å². The molecule has 4 heterocycles. The van der Waals surface area contributed by atoms with Crippen LogP contribution in [0.2, 0.25) is 0 Å². The highest BCUT2D eigenvalue weighted by Gasteiger charge is 2.35. The van der Waals surface area contributed by atoms with Crippen LogP contribution in [0.15, 0.2) is 34.1 Å². The Morgan fingerprint density at radius 1 is 1.42 bits per heavy atom.